The van der Waals surface area contributed by atoms with E-state index in [2.05, 4.69) is 158 Å². The van der Waals surface area contributed by atoms with Gasteiger partial charge in [0.1, 0.15) is 0 Å². The zero-order valence-electron chi connectivity index (χ0n) is 23.8. The summed E-state index contributed by atoms with van der Waals surface area (Å²) in [4.78, 5) is 5.34. The van der Waals surface area contributed by atoms with Gasteiger partial charge in [-0.2, -0.15) is 0 Å². The molecule has 8 aromatic rings. The fourth-order valence-corrected chi connectivity index (χ4v) is 8.99. The van der Waals surface area contributed by atoms with Crippen molar-refractivity contribution in [2.45, 2.75) is 19.6 Å². The van der Waals surface area contributed by atoms with Gasteiger partial charge in [-0.05, 0) is 102 Å². The maximum absolute atomic E-state index is 2.39. The second-order valence-electron chi connectivity index (χ2n) is 11.3. The summed E-state index contributed by atoms with van der Waals surface area (Å²) in [5, 5.41) is 7.78. The molecular weight excluding hydrogens is 569 g/mol. The molecule has 8 aromatic carbocycles. The summed E-state index contributed by atoms with van der Waals surface area (Å²) < 4.78 is 0. The predicted molar refractivity (Wildman–Crippen MR) is 190 cm³/mol. The number of benzene rings is 8. The molecule has 0 radical (unpaired) electrons. The lowest BCUT2D eigenvalue weighted by molar-refractivity contribution is 1.16. The van der Waals surface area contributed by atoms with Gasteiger partial charge in [-0.15, -0.1) is 0 Å². The predicted octanol–water partition coefficient (Wildman–Crippen LogP) is 12.8. The molecule has 0 saturated carbocycles. The van der Waals surface area contributed by atoms with Crippen LogP contribution < -0.4 is 0 Å². The molecule has 44 heavy (non-hydrogen) atoms. The van der Waals surface area contributed by atoms with Gasteiger partial charge in [-0.3, -0.25) is 0 Å². The Labute approximate surface area is 265 Å². The molecule has 0 N–H and O–H groups in total. The van der Waals surface area contributed by atoms with Crippen LogP contribution >= 0.6 is 23.5 Å². The van der Waals surface area contributed by atoms with Crippen LogP contribution in [0, 0.1) is 0 Å². The molecule has 0 aliphatic carbocycles. The minimum absolute atomic E-state index is 1.24. The van der Waals surface area contributed by atoms with Gasteiger partial charge >= 0.3 is 0 Å². The highest BCUT2D eigenvalue weighted by atomic mass is 32.2. The summed E-state index contributed by atoms with van der Waals surface area (Å²) in [6.07, 6.45) is 0. The molecule has 1 heterocycles. The third kappa shape index (κ3) is 4.25. The maximum Gasteiger partial charge on any atom is 0.0340 e. The summed E-state index contributed by atoms with van der Waals surface area (Å²) >= 11 is 3.76. The van der Waals surface area contributed by atoms with Crippen LogP contribution in [0.5, 0.6) is 0 Å². The molecule has 0 amide bonds. The lowest BCUT2D eigenvalue weighted by atomic mass is 9.90. The molecule has 1 aliphatic heterocycles. The third-order valence-corrected chi connectivity index (χ3v) is 11.3. The molecule has 0 bridgehead atoms. The van der Waals surface area contributed by atoms with Crippen molar-refractivity contribution in [2.24, 2.45) is 0 Å². The molecule has 206 valence electrons. The summed E-state index contributed by atoms with van der Waals surface area (Å²) in [5.74, 6) is 0. The highest BCUT2D eigenvalue weighted by Crippen LogP contribution is 2.51. The standard InChI is InChI=1S/C42H26S2/c1-2-10-27(11-3-1)29-20-22-35-36-23-21-30(26-38(36)34-15-5-4-14-33(34)37(35)25-29)28-12-8-13-31(24-28)32-16-9-19-41-42(32)44-40-18-7-6-17-39(40)43-41/h1-26H. The van der Waals surface area contributed by atoms with Crippen molar-refractivity contribution >= 4 is 55.8 Å². The van der Waals surface area contributed by atoms with E-state index in [4.69, 9.17) is 0 Å². The fraction of sp³-hybridized carbons (Fsp3) is 0. The van der Waals surface area contributed by atoms with Gasteiger partial charge in [-0.1, -0.05) is 145 Å². The SMILES string of the molecule is c1ccc(-c2ccc3c4ccc(-c5cccc(-c6cccc7c6Sc6ccccc6S7)c5)cc4c4ccccc4c3c2)cc1. The summed E-state index contributed by atoms with van der Waals surface area (Å²) in [7, 11) is 0. The zero-order valence-corrected chi connectivity index (χ0v) is 25.5. The normalized spacial score (nSPS) is 12.4. The van der Waals surface area contributed by atoms with E-state index in [0.29, 0.717) is 0 Å². The molecule has 0 fully saturated rings. The molecule has 9 rings (SSSR count). The smallest absolute Gasteiger partial charge is 0.0340 e. The van der Waals surface area contributed by atoms with Crippen molar-refractivity contribution in [2.75, 3.05) is 0 Å². The van der Waals surface area contributed by atoms with Crippen LogP contribution in [0.1, 0.15) is 0 Å². The molecule has 0 unspecified atom stereocenters. The van der Waals surface area contributed by atoms with E-state index in [1.54, 1.807) is 0 Å². The van der Waals surface area contributed by atoms with Gasteiger partial charge in [-0.25, -0.2) is 0 Å². The van der Waals surface area contributed by atoms with Gasteiger partial charge in [0.15, 0.2) is 0 Å². The first-order chi connectivity index (χ1) is 21.8. The van der Waals surface area contributed by atoms with Crippen molar-refractivity contribution in [3.05, 3.63) is 158 Å². The number of fused-ring (bicyclic) bond motifs is 8. The highest BCUT2D eigenvalue weighted by Gasteiger charge is 2.20. The Morgan fingerprint density at radius 1 is 0.273 bits per heavy atom. The van der Waals surface area contributed by atoms with Gasteiger partial charge in [0, 0.05) is 19.6 Å². The Morgan fingerprint density at radius 2 is 0.773 bits per heavy atom. The maximum atomic E-state index is 2.39. The first kappa shape index (κ1) is 25.7. The van der Waals surface area contributed by atoms with E-state index < -0.39 is 0 Å². The third-order valence-electron chi connectivity index (χ3n) is 8.71. The number of hydrogen-bond acceptors (Lipinski definition) is 2. The second kappa shape index (κ2) is 10.4. The number of rotatable bonds is 3. The minimum Gasteiger partial charge on any atom is -0.0877 e. The van der Waals surface area contributed by atoms with Gasteiger partial charge < -0.3 is 0 Å². The first-order valence-electron chi connectivity index (χ1n) is 14.9. The van der Waals surface area contributed by atoms with Crippen LogP contribution in [0.15, 0.2) is 177 Å². The summed E-state index contributed by atoms with van der Waals surface area (Å²) in [6.45, 7) is 0. The Hall–Kier alpha value is -4.76. The topological polar surface area (TPSA) is 0 Å². The van der Waals surface area contributed by atoms with E-state index in [1.165, 1.54) is 85.3 Å². The average Bonchev–Trinajstić information content (AvgIpc) is 3.10. The zero-order chi connectivity index (χ0) is 29.0. The highest BCUT2D eigenvalue weighted by molar-refractivity contribution is 8.05. The van der Waals surface area contributed by atoms with Crippen molar-refractivity contribution in [1.29, 1.82) is 0 Å². The molecule has 1 aliphatic rings. The number of hydrogen-bond donors (Lipinski definition) is 0. The molecule has 0 nitrogen and oxygen atoms in total. The van der Waals surface area contributed by atoms with Crippen LogP contribution in [0.3, 0.4) is 0 Å². The minimum atomic E-state index is 1.24. The molecule has 0 spiro atoms. The van der Waals surface area contributed by atoms with E-state index in [1.807, 2.05) is 23.5 Å². The van der Waals surface area contributed by atoms with Crippen molar-refractivity contribution in [3.63, 3.8) is 0 Å². The Morgan fingerprint density at radius 3 is 1.50 bits per heavy atom. The van der Waals surface area contributed by atoms with E-state index in [-0.39, 0.29) is 0 Å². The summed E-state index contributed by atoms with van der Waals surface area (Å²) in [6, 6.07) is 57.9. The molecule has 0 atom stereocenters. The van der Waals surface area contributed by atoms with Gasteiger partial charge in [0.2, 0.25) is 0 Å². The Bertz CT molecular complexity index is 2370. The van der Waals surface area contributed by atoms with Crippen LogP contribution in [-0.4, -0.2) is 0 Å². The summed E-state index contributed by atoms with van der Waals surface area (Å²) in [5.41, 5.74) is 7.52. The lowest BCUT2D eigenvalue weighted by Crippen LogP contribution is -1.92. The second-order valence-corrected chi connectivity index (χ2v) is 13.4. The van der Waals surface area contributed by atoms with E-state index in [9.17, 15) is 0 Å². The monoisotopic (exact) mass is 594 g/mol. The lowest BCUT2D eigenvalue weighted by Gasteiger charge is -2.21. The Balaban J connectivity index is 1.18. The first-order valence-corrected chi connectivity index (χ1v) is 16.6. The van der Waals surface area contributed by atoms with Crippen molar-refractivity contribution in [1.82, 2.24) is 0 Å². The largest absolute Gasteiger partial charge is 0.0877 e. The molecule has 2 heteroatoms. The van der Waals surface area contributed by atoms with Crippen LogP contribution in [0.4, 0.5) is 0 Å². The van der Waals surface area contributed by atoms with Gasteiger partial charge in [0.05, 0.1) is 0 Å². The fourth-order valence-electron chi connectivity index (χ4n) is 6.59. The van der Waals surface area contributed by atoms with Crippen LogP contribution in [0.25, 0.3) is 65.7 Å². The molecule has 0 aromatic heterocycles. The van der Waals surface area contributed by atoms with E-state index in [0.717, 1.165) is 0 Å². The average molecular weight is 595 g/mol. The van der Waals surface area contributed by atoms with E-state index >= 15 is 0 Å². The Kier molecular flexibility index (Phi) is 6.11. The molecule has 0 saturated heterocycles. The molecular formula is C42H26S2. The van der Waals surface area contributed by atoms with Crippen molar-refractivity contribution in [3.8, 4) is 33.4 Å². The van der Waals surface area contributed by atoms with Gasteiger partial charge in [0.25, 0.3) is 0 Å². The van der Waals surface area contributed by atoms with Crippen LogP contribution in [-0.2, 0) is 0 Å². The quantitative estimate of drug-likeness (QED) is 0.187. The van der Waals surface area contributed by atoms with Crippen LogP contribution in [0.2, 0.25) is 0 Å². The van der Waals surface area contributed by atoms with Crippen molar-refractivity contribution < 1.29 is 0 Å².